The monoisotopic (exact) mass is 188 g/mol. The zero-order chi connectivity index (χ0) is 0. The van der Waals surface area contributed by atoms with E-state index in [2.05, 4.69) is 0 Å². The van der Waals surface area contributed by atoms with Crippen molar-refractivity contribution in [3.8, 4) is 0 Å². The van der Waals surface area contributed by atoms with Crippen molar-refractivity contribution in [2.75, 3.05) is 0 Å². The van der Waals surface area contributed by atoms with Gasteiger partial charge in [0.15, 0.2) is 0 Å². The first-order valence-electron chi connectivity index (χ1n) is 0. The SMILES string of the molecule is [Fe+3].[Fe+3].[O-2].[O-2].[O-2].[Si]. The van der Waals surface area contributed by atoms with Gasteiger partial charge in [0.1, 0.15) is 0 Å². The molecule has 0 atom stereocenters. The molecule has 0 amide bonds. The minimum absolute atomic E-state index is 0. The Morgan fingerprint density at radius 2 is 0.500 bits per heavy atom. The van der Waals surface area contributed by atoms with Crippen molar-refractivity contribution < 1.29 is 50.6 Å². The van der Waals surface area contributed by atoms with Gasteiger partial charge in [-0.1, -0.05) is 0 Å². The molecule has 38 valence electrons. The van der Waals surface area contributed by atoms with E-state index in [1.165, 1.54) is 0 Å². The predicted octanol–water partition coefficient (Wildman–Crippen LogP) is -0.742. The molecule has 0 aliphatic carbocycles. The number of rotatable bonds is 0. The van der Waals surface area contributed by atoms with Gasteiger partial charge in [0.05, 0.1) is 0 Å². The molecular formula is Fe2O3Si. The van der Waals surface area contributed by atoms with E-state index in [0.29, 0.717) is 0 Å². The largest absolute Gasteiger partial charge is 3.00 e. The molecule has 6 heavy (non-hydrogen) atoms. The molecule has 0 unspecified atom stereocenters. The third kappa shape index (κ3) is 68.1. The fraction of sp³-hybridized carbons (Fsp3) is 0. The van der Waals surface area contributed by atoms with Crippen LogP contribution in [0.25, 0.3) is 0 Å². The smallest absolute Gasteiger partial charge is 2.00 e. The van der Waals surface area contributed by atoms with E-state index in [1.807, 2.05) is 0 Å². The van der Waals surface area contributed by atoms with Crippen LogP contribution in [-0.4, -0.2) is 11.0 Å². The van der Waals surface area contributed by atoms with Crippen LogP contribution < -0.4 is 0 Å². The Kier molecular flexibility index (Phi) is 4350. The molecule has 0 rings (SSSR count). The van der Waals surface area contributed by atoms with Gasteiger partial charge < -0.3 is 16.4 Å². The van der Waals surface area contributed by atoms with E-state index in [0.717, 1.165) is 0 Å². The zero-order valence-electron chi connectivity index (χ0n) is 2.43. The van der Waals surface area contributed by atoms with Crippen LogP contribution in [0.4, 0.5) is 0 Å². The number of hydrogen-bond donors (Lipinski definition) is 0. The van der Waals surface area contributed by atoms with Gasteiger partial charge in [-0.05, 0) is 0 Å². The summed E-state index contributed by atoms with van der Waals surface area (Å²) in [4.78, 5) is 0. The van der Waals surface area contributed by atoms with Crippen molar-refractivity contribution in [2.24, 2.45) is 0 Å². The van der Waals surface area contributed by atoms with Crippen LogP contribution in [0.3, 0.4) is 0 Å². The molecule has 0 N–H and O–H groups in total. The molecule has 0 aromatic heterocycles. The summed E-state index contributed by atoms with van der Waals surface area (Å²) < 4.78 is 0. The van der Waals surface area contributed by atoms with Crippen LogP contribution in [0.15, 0.2) is 0 Å². The van der Waals surface area contributed by atoms with Crippen molar-refractivity contribution in [3.63, 3.8) is 0 Å². The van der Waals surface area contributed by atoms with Gasteiger partial charge in [-0.3, -0.25) is 0 Å². The normalized spacial score (nSPS) is 0. The standard InChI is InChI=1S/2Fe.3O.Si/q2*+3;3*-2;. The predicted molar refractivity (Wildman–Crippen MR) is 7.81 cm³/mol. The molecule has 6 radical (unpaired) electrons. The fourth-order valence-corrected chi connectivity index (χ4v) is 0. The quantitative estimate of drug-likeness (QED) is 0.448. The van der Waals surface area contributed by atoms with Crippen LogP contribution in [0.1, 0.15) is 0 Å². The Morgan fingerprint density at radius 3 is 0.500 bits per heavy atom. The van der Waals surface area contributed by atoms with Crippen molar-refractivity contribution in [3.05, 3.63) is 0 Å². The molecule has 0 heterocycles. The molecule has 0 saturated heterocycles. The Labute approximate surface area is 61.8 Å². The summed E-state index contributed by atoms with van der Waals surface area (Å²) >= 11 is 0. The van der Waals surface area contributed by atoms with Crippen LogP contribution in [-0.2, 0) is 50.6 Å². The summed E-state index contributed by atoms with van der Waals surface area (Å²) in [5.41, 5.74) is 0. The average Bonchev–Trinajstić information content (AvgIpc) is 0. The molecule has 0 aromatic carbocycles. The number of hydrogen-bond acceptors (Lipinski definition) is 0. The maximum absolute atomic E-state index is 0. The molecule has 0 aliphatic rings. The Morgan fingerprint density at radius 1 is 0.500 bits per heavy atom. The second kappa shape index (κ2) is 125. The first kappa shape index (κ1) is 208. The molecule has 6 heteroatoms. The minimum atomic E-state index is 0. The molecule has 0 bridgehead atoms. The van der Waals surface area contributed by atoms with Crippen molar-refractivity contribution in [2.45, 2.75) is 0 Å². The summed E-state index contributed by atoms with van der Waals surface area (Å²) in [7, 11) is 0. The second-order valence-electron chi connectivity index (χ2n) is 0. The molecule has 0 fully saturated rings. The Hall–Kier alpha value is 1.14. The van der Waals surface area contributed by atoms with Gasteiger partial charge in [0, 0.05) is 11.0 Å². The summed E-state index contributed by atoms with van der Waals surface area (Å²) in [6.45, 7) is 0. The first-order chi connectivity index (χ1) is 0. The van der Waals surface area contributed by atoms with E-state index >= 15 is 0 Å². The summed E-state index contributed by atoms with van der Waals surface area (Å²) in [5.74, 6) is 0. The molecule has 3 nitrogen and oxygen atoms in total. The summed E-state index contributed by atoms with van der Waals surface area (Å²) in [6, 6.07) is 0. The van der Waals surface area contributed by atoms with Gasteiger partial charge >= 0.3 is 34.1 Å². The van der Waals surface area contributed by atoms with E-state index in [9.17, 15) is 0 Å². The van der Waals surface area contributed by atoms with Gasteiger partial charge in [-0.2, -0.15) is 0 Å². The van der Waals surface area contributed by atoms with Gasteiger partial charge in [-0.25, -0.2) is 0 Å². The maximum atomic E-state index is 0. The summed E-state index contributed by atoms with van der Waals surface area (Å²) in [5, 5.41) is 0. The van der Waals surface area contributed by atoms with E-state index in [-0.39, 0.29) is 61.5 Å². The minimum Gasteiger partial charge on any atom is -2.00 e. The van der Waals surface area contributed by atoms with Gasteiger partial charge in [0.2, 0.25) is 0 Å². The molecule has 0 aliphatic heterocycles. The zero-order valence-corrected chi connectivity index (χ0v) is 5.64. The Balaban J connectivity index is 0. The molecular weight excluding hydrogens is 188 g/mol. The first-order valence-corrected chi connectivity index (χ1v) is 0. The van der Waals surface area contributed by atoms with E-state index in [4.69, 9.17) is 0 Å². The van der Waals surface area contributed by atoms with Crippen LogP contribution in [0, 0.1) is 0 Å². The Bertz CT molecular complexity index is 8.75. The topological polar surface area (TPSA) is 85.5 Å². The van der Waals surface area contributed by atoms with Crippen LogP contribution >= 0.6 is 0 Å². The molecule has 0 saturated carbocycles. The summed E-state index contributed by atoms with van der Waals surface area (Å²) in [6.07, 6.45) is 0. The fourth-order valence-electron chi connectivity index (χ4n) is 0. The second-order valence-corrected chi connectivity index (χ2v) is 0. The van der Waals surface area contributed by atoms with Crippen molar-refractivity contribution in [1.82, 2.24) is 0 Å². The van der Waals surface area contributed by atoms with Crippen LogP contribution in [0.2, 0.25) is 0 Å². The van der Waals surface area contributed by atoms with Crippen LogP contribution in [0.5, 0.6) is 0 Å². The third-order valence-corrected chi connectivity index (χ3v) is 0. The molecule has 0 aromatic rings. The maximum Gasteiger partial charge on any atom is 3.00 e. The van der Waals surface area contributed by atoms with Crippen molar-refractivity contribution >= 4 is 11.0 Å². The average molecular weight is 188 g/mol. The van der Waals surface area contributed by atoms with Gasteiger partial charge in [0.25, 0.3) is 0 Å². The third-order valence-electron chi connectivity index (χ3n) is 0. The van der Waals surface area contributed by atoms with E-state index in [1.54, 1.807) is 0 Å². The van der Waals surface area contributed by atoms with Gasteiger partial charge in [-0.15, -0.1) is 0 Å². The molecule has 0 spiro atoms. The van der Waals surface area contributed by atoms with Crippen molar-refractivity contribution in [1.29, 1.82) is 0 Å². The van der Waals surface area contributed by atoms with E-state index < -0.39 is 0 Å².